The van der Waals surface area contributed by atoms with E-state index in [9.17, 15) is 4.79 Å². The van der Waals surface area contributed by atoms with Crippen molar-refractivity contribution in [3.8, 4) is 11.4 Å². The molecule has 2 saturated heterocycles. The molecule has 3 atom stereocenters. The van der Waals surface area contributed by atoms with Crippen molar-refractivity contribution in [3.05, 3.63) is 36.4 Å². The lowest BCUT2D eigenvalue weighted by atomic mass is 9.73. The highest BCUT2D eigenvalue weighted by molar-refractivity contribution is 5.94. The van der Waals surface area contributed by atoms with Crippen molar-refractivity contribution in [2.45, 2.75) is 57.6 Å². The Morgan fingerprint density at radius 2 is 2.03 bits per heavy atom. The number of aromatic nitrogens is 3. The Morgan fingerprint density at radius 3 is 2.80 bits per heavy atom. The molecule has 2 aromatic heterocycles. The lowest BCUT2D eigenvalue weighted by Crippen LogP contribution is -2.55. The van der Waals surface area contributed by atoms with Crippen LogP contribution in [0.3, 0.4) is 0 Å². The van der Waals surface area contributed by atoms with Gasteiger partial charge in [-0.15, -0.1) is 0 Å². The molecule has 6 rings (SSSR count). The van der Waals surface area contributed by atoms with Gasteiger partial charge in [0.05, 0.1) is 5.92 Å². The van der Waals surface area contributed by atoms with Crippen molar-refractivity contribution in [2.75, 3.05) is 6.54 Å². The lowest BCUT2D eigenvalue weighted by Gasteiger charge is -2.48. The summed E-state index contributed by atoms with van der Waals surface area (Å²) in [7, 11) is 2.02. The summed E-state index contributed by atoms with van der Waals surface area (Å²) in [6, 6.07) is 8.25. The highest BCUT2D eigenvalue weighted by atomic mass is 16.6. The van der Waals surface area contributed by atoms with Gasteiger partial charge in [0.2, 0.25) is 11.7 Å². The summed E-state index contributed by atoms with van der Waals surface area (Å²) in [4.78, 5) is 19.5. The molecule has 1 aromatic carbocycles. The van der Waals surface area contributed by atoms with Gasteiger partial charge in [-0.2, -0.15) is 4.98 Å². The van der Waals surface area contributed by atoms with Gasteiger partial charge in [0.25, 0.3) is 0 Å². The first-order chi connectivity index (χ1) is 14.3. The number of benzene rings is 1. The first-order valence-electron chi connectivity index (χ1n) is 10.7. The number of aryl methyl sites for hydroxylation is 1. The molecule has 7 nitrogen and oxygen atoms in total. The molecule has 4 heterocycles. The number of carbonyl (C=O) groups is 1. The van der Waals surface area contributed by atoms with Crippen LogP contribution in [0.2, 0.25) is 0 Å². The molecule has 3 aliphatic rings. The zero-order valence-corrected chi connectivity index (χ0v) is 18.0. The van der Waals surface area contributed by atoms with Crippen molar-refractivity contribution >= 4 is 17.0 Å². The normalized spacial score (nSPS) is 23.9. The molecule has 1 unspecified atom stereocenters. The van der Waals surface area contributed by atoms with Gasteiger partial charge >= 0.3 is 6.09 Å². The summed E-state index contributed by atoms with van der Waals surface area (Å²) < 4.78 is 13.5. The van der Waals surface area contributed by atoms with Crippen LogP contribution in [-0.4, -0.2) is 43.9 Å². The van der Waals surface area contributed by atoms with Crippen LogP contribution in [0.25, 0.3) is 22.3 Å². The predicted octanol–water partition coefficient (Wildman–Crippen LogP) is 4.73. The molecule has 7 heteroatoms. The molecule has 3 fully saturated rings. The summed E-state index contributed by atoms with van der Waals surface area (Å²) in [5.74, 6) is 1.73. The fraction of sp³-hybridized carbons (Fsp3) is 0.522. The predicted molar refractivity (Wildman–Crippen MR) is 113 cm³/mol. The number of nitrogens with zero attached hydrogens (tertiary/aromatic N) is 4. The van der Waals surface area contributed by atoms with E-state index in [1.807, 2.05) is 51.0 Å². The molecule has 158 valence electrons. The zero-order valence-electron chi connectivity index (χ0n) is 18.0. The Bertz CT molecular complexity index is 1090. The van der Waals surface area contributed by atoms with Crippen molar-refractivity contribution < 1.29 is 14.1 Å². The zero-order chi connectivity index (χ0) is 21.0. The van der Waals surface area contributed by atoms with Crippen LogP contribution in [0.4, 0.5) is 4.79 Å². The monoisotopic (exact) mass is 408 g/mol. The number of piperidine rings is 2. The van der Waals surface area contributed by atoms with E-state index < -0.39 is 5.60 Å². The number of hydrogen-bond donors (Lipinski definition) is 0. The number of hydrogen-bond acceptors (Lipinski definition) is 5. The number of fused-ring (bicyclic) bond motifs is 4. The average Bonchev–Trinajstić information content (AvgIpc) is 3.32. The molecule has 2 aliphatic heterocycles. The van der Waals surface area contributed by atoms with Crippen molar-refractivity contribution in [1.29, 1.82) is 0 Å². The fourth-order valence-electron chi connectivity index (χ4n) is 5.01. The molecule has 1 amide bonds. The van der Waals surface area contributed by atoms with Crippen LogP contribution in [0, 0.1) is 5.92 Å². The maximum Gasteiger partial charge on any atom is 0.410 e. The van der Waals surface area contributed by atoms with E-state index in [1.165, 1.54) is 0 Å². The Morgan fingerprint density at radius 1 is 1.23 bits per heavy atom. The topological polar surface area (TPSA) is 73.4 Å². The number of amides is 1. The SMILES string of the molecule is Cn1cc(-c2noc([C@H]3CC4CC[C@H]3N(C(=O)OC(C)(C)C)C4)n2)c2ccccc21. The Balaban J connectivity index is 1.44. The smallest absolute Gasteiger partial charge is 0.410 e. The molecular weight excluding hydrogens is 380 g/mol. The summed E-state index contributed by atoms with van der Waals surface area (Å²) in [5.41, 5.74) is 1.59. The summed E-state index contributed by atoms with van der Waals surface area (Å²) >= 11 is 0. The minimum Gasteiger partial charge on any atom is -0.444 e. The molecule has 2 bridgehead atoms. The molecule has 3 aromatic rings. The second-order valence-electron chi connectivity index (χ2n) is 9.61. The van der Waals surface area contributed by atoms with Gasteiger partial charge < -0.3 is 18.7 Å². The molecule has 0 spiro atoms. The van der Waals surface area contributed by atoms with E-state index in [4.69, 9.17) is 14.2 Å². The molecular formula is C23H28N4O3. The largest absolute Gasteiger partial charge is 0.444 e. The molecule has 30 heavy (non-hydrogen) atoms. The Labute approximate surface area is 176 Å². The number of rotatable bonds is 2. The van der Waals surface area contributed by atoms with E-state index in [0.717, 1.165) is 42.3 Å². The van der Waals surface area contributed by atoms with E-state index >= 15 is 0 Å². The van der Waals surface area contributed by atoms with Gasteiger partial charge in [-0.25, -0.2) is 4.79 Å². The minimum absolute atomic E-state index is 0.0469. The number of carbonyl (C=O) groups excluding carboxylic acids is 1. The van der Waals surface area contributed by atoms with Gasteiger partial charge in [0.1, 0.15) is 5.60 Å². The van der Waals surface area contributed by atoms with Gasteiger partial charge in [-0.05, 0) is 52.0 Å². The van der Waals surface area contributed by atoms with Gasteiger partial charge in [-0.3, -0.25) is 0 Å². The van der Waals surface area contributed by atoms with Gasteiger partial charge in [-0.1, -0.05) is 23.4 Å². The van der Waals surface area contributed by atoms with E-state index in [2.05, 4.69) is 21.9 Å². The van der Waals surface area contributed by atoms with Crippen molar-refractivity contribution in [1.82, 2.24) is 19.6 Å². The van der Waals surface area contributed by atoms with Crippen LogP contribution < -0.4 is 0 Å². The average molecular weight is 409 g/mol. The fourth-order valence-corrected chi connectivity index (χ4v) is 5.01. The van der Waals surface area contributed by atoms with Crippen LogP contribution in [0.1, 0.15) is 51.8 Å². The second kappa shape index (κ2) is 6.86. The highest BCUT2D eigenvalue weighted by Crippen LogP contribution is 2.44. The molecule has 0 N–H and O–H groups in total. The third kappa shape index (κ3) is 3.26. The first kappa shape index (κ1) is 19.2. The third-order valence-corrected chi connectivity index (χ3v) is 6.30. The van der Waals surface area contributed by atoms with E-state index in [-0.39, 0.29) is 18.1 Å². The molecule has 1 saturated carbocycles. The standard InChI is InChI=1S/C23H28N4O3/c1-23(2,3)29-22(28)27-12-14-9-10-19(27)16(11-14)21-24-20(25-30-21)17-13-26(4)18-8-6-5-7-15(17)18/h5-8,13-14,16,19H,9-12H2,1-4H3/t14?,16-,19+/m0/s1. The second-order valence-corrected chi connectivity index (χ2v) is 9.61. The summed E-state index contributed by atoms with van der Waals surface area (Å²) in [6.07, 6.45) is 4.85. The van der Waals surface area contributed by atoms with Crippen LogP contribution in [0.15, 0.2) is 35.0 Å². The van der Waals surface area contributed by atoms with Gasteiger partial charge in [0.15, 0.2) is 0 Å². The molecule has 0 radical (unpaired) electrons. The van der Waals surface area contributed by atoms with Crippen LogP contribution in [0.5, 0.6) is 0 Å². The third-order valence-electron chi connectivity index (χ3n) is 6.30. The summed E-state index contributed by atoms with van der Waals surface area (Å²) in [6.45, 7) is 6.46. The maximum absolute atomic E-state index is 12.8. The van der Waals surface area contributed by atoms with Crippen molar-refractivity contribution in [3.63, 3.8) is 0 Å². The number of para-hydroxylation sites is 1. The van der Waals surface area contributed by atoms with Gasteiger partial charge in [0, 0.05) is 42.3 Å². The molecule has 1 aliphatic carbocycles. The van der Waals surface area contributed by atoms with Crippen LogP contribution in [-0.2, 0) is 11.8 Å². The first-order valence-corrected chi connectivity index (χ1v) is 10.7. The van der Waals surface area contributed by atoms with Crippen LogP contribution >= 0.6 is 0 Å². The van der Waals surface area contributed by atoms with Crippen molar-refractivity contribution in [2.24, 2.45) is 13.0 Å². The quantitative estimate of drug-likeness (QED) is 0.613. The summed E-state index contributed by atoms with van der Waals surface area (Å²) in [5, 5.41) is 5.41. The lowest BCUT2D eigenvalue weighted by molar-refractivity contribution is -0.0226. The number of ether oxygens (including phenoxy) is 1. The van der Waals surface area contributed by atoms with E-state index in [1.54, 1.807) is 0 Å². The Hall–Kier alpha value is -2.83. The van der Waals surface area contributed by atoms with E-state index in [0.29, 0.717) is 17.6 Å². The minimum atomic E-state index is -0.505. The highest BCUT2D eigenvalue weighted by Gasteiger charge is 2.46. The Kier molecular flexibility index (Phi) is 4.38. The maximum atomic E-state index is 12.8.